The number of hydrogen-bond donors (Lipinski definition) is 0. The molecule has 5 aromatic rings. The molecule has 0 radical (unpaired) electrons. The molecule has 128 valence electrons. The zero-order valence-electron chi connectivity index (χ0n) is 14.2. The molecule has 3 aromatic heterocycles. The van der Waals surface area contributed by atoms with E-state index >= 15 is 0 Å². The van der Waals surface area contributed by atoms with Crippen LogP contribution in [0.15, 0.2) is 78.2 Å². The second-order valence-electron chi connectivity index (χ2n) is 6.04. The molecule has 3 heterocycles. The molecule has 0 amide bonds. The summed E-state index contributed by atoms with van der Waals surface area (Å²) in [4.78, 5) is 2.13. The Kier molecular flexibility index (Phi) is 3.86. The lowest BCUT2D eigenvalue weighted by Crippen LogP contribution is -1.97. The maximum absolute atomic E-state index is 9.98. The highest BCUT2D eigenvalue weighted by molar-refractivity contribution is 7.26. The molecule has 0 aliphatic carbocycles. The zero-order chi connectivity index (χ0) is 18.2. The lowest BCUT2D eigenvalue weighted by molar-refractivity contribution is 0.914. The second kappa shape index (κ2) is 6.51. The van der Waals surface area contributed by atoms with E-state index in [9.17, 15) is 5.26 Å². The van der Waals surface area contributed by atoms with E-state index < -0.39 is 0 Å². The second-order valence-corrected chi connectivity index (χ2v) is 8.00. The van der Waals surface area contributed by atoms with Crippen molar-refractivity contribution in [3.05, 3.63) is 83.7 Å². The molecule has 5 rings (SSSR count). The first kappa shape index (κ1) is 16.0. The van der Waals surface area contributed by atoms with Crippen LogP contribution in [0.25, 0.3) is 36.9 Å². The van der Waals surface area contributed by atoms with E-state index in [2.05, 4.69) is 24.3 Å². The maximum Gasteiger partial charge on any atom is 0.111 e. The van der Waals surface area contributed by atoms with Gasteiger partial charge in [-0.25, -0.2) is 4.68 Å². The van der Waals surface area contributed by atoms with Crippen molar-refractivity contribution >= 4 is 32.9 Å². The van der Waals surface area contributed by atoms with Gasteiger partial charge in [0.1, 0.15) is 17.3 Å². The minimum absolute atomic E-state index is 0.691. The van der Waals surface area contributed by atoms with Crippen molar-refractivity contribution in [3.63, 3.8) is 0 Å². The van der Waals surface area contributed by atoms with Crippen molar-refractivity contribution in [2.75, 3.05) is 0 Å². The lowest BCUT2D eigenvalue weighted by Gasteiger charge is -2.03. The van der Waals surface area contributed by atoms with Crippen LogP contribution < -0.4 is 0 Å². The Bertz CT molecular complexity index is 1260. The van der Waals surface area contributed by atoms with Crippen LogP contribution in [-0.4, -0.2) is 9.78 Å². The Labute approximate surface area is 164 Å². The fraction of sp³-hybridized carbons (Fsp3) is 0. The topological polar surface area (TPSA) is 41.6 Å². The number of fused-ring (bicyclic) bond motifs is 1. The Morgan fingerprint density at radius 1 is 0.889 bits per heavy atom. The van der Waals surface area contributed by atoms with Gasteiger partial charge in [0.2, 0.25) is 0 Å². The molecule has 27 heavy (non-hydrogen) atoms. The third-order valence-corrected chi connectivity index (χ3v) is 6.65. The maximum atomic E-state index is 9.98. The fourth-order valence-corrected chi connectivity index (χ4v) is 5.30. The minimum Gasteiger partial charge on any atom is -0.230 e. The minimum atomic E-state index is 0.691. The first-order valence-electron chi connectivity index (χ1n) is 8.47. The summed E-state index contributed by atoms with van der Waals surface area (Å²) in [5.74, 6) is 0. The number of hydrogen-bond acceptors (Lipinski definition) is 4. The number of nitrogens with zero attached hydrogens (tertiary/aromatic N) is 3. The van der Waals surface area contributed by atoms with Gasteiger partial charge in [-0.1, -0.05) is 54.6 Å². The Balaban J connectivity index is 1.88. The van der Waals surface area contributed by atoms with Gasteiger partial charge in [-0.3, -0.25) is 0 Å². The van der Waals surface area contributed by atoms with Crippen LogP contribution in [0.4, 0.5) is 0 Å². The summed E-state index contributed by atoms with van der Waals surface area (Å²) in [6, 6.07) is 26.7. The molecule has 0 N–H and O–H groups in total. The Morgan fingerprint density at radius 2 is 1.63 bits per heavy atom. The molecule has 2 aromatic carbocycles. The molecule has 0 spiro atoms. The van der Waals surface area contributed by atoms with Crippen LogP contribution in [0.1, 0.15) is 5.56 Å². The lowest BCUT2D eigenvalue weighted by atomic mass is 10.1. The molecular weight excluding hydrogens is 370 g/mol. The summed E-state index contributed by atoms with van der Waals surface area (Å²) in [7, 11) is 0. The van der Waals surface area contributed by atoms with E-state index in [1.807, 2.05) is 64.7 Å². The van der Waals surface area contributed by atoms with Gasteiger partial charge in [-0.05, 0) is 23.6 Å². The predicted molar refractivity (Wildman–Crippen MR) is 112 cm³/mol. The standard InChI is InChI=1S/C22H13N3S2/c23-14-17-20-22(27-21(17)18-12-7-13-26-18)19(15-8-3-1-4-9-15)24-25(20)16-10-5-2-6-11-16/h1-13H. The molecule has 0 aliphatic heterocycles. The summed E-state index contributed by atoms with van der Waals surface area (Å²) in [5, 5.41) is 16.9. The summed E-state index contributed by atoms with van der Waals surface area (Å²) in [5.41, 5.74) is 4.50. The van der Waals surface area contributed by atoms with E-state index in [4.69, 9.17) is 5.10 Å². The van der Waals surface area contributed by atoms with E-state index in [0.29, 0.717) is 5.56 Å². The summed E-state index contributed by atoms with van der Waals surface area (Å²) >= 11 is 3.30. The van der Waals surface area contributed by atoms with Crippen LogP contribution in [0.3, 0.4) is 0 Å². The average Bonchev–Trinajstić information content (AvgIpc) is 3.44. The fourth-order valence-electron chi connectivity index (χ4n) is 3.21. The molecule has 3 nitrogen and oxygen atoms in total. The normalized spacial score (nSPS) is 10.9. The van der Waals surface area contributed by atoms with Crippen LogP contribution in [-0.2, 0) is 0 Å². The summed E-state index contributed by atoms with van der Waals surface area (Å²) in [6.45, 7) is 0. The molecule has 0 unspecified atom stereocenters. The van der Waals surface area contributed by atoms with Crippen LogP contribution >= 0.6 is 22.7 Å². The van der Waals surface area contributed by atoms with Crippen molar-refractivity contribution in [1.82, 2.24) is 9.78 Å². The highest BCUT2D eigenvalue weighted by atomic mass is 32.1. The molecule has 0 atom stereocenters. The van der Waals surface area contributed by atoms with Gasteiger partial charge in [0.25, 0.3) is 0 Å². The van der Waals surface area contributed by atoms with Crippen molar-refractivity contribution in [1.29, 1.82) is 5.26 Å². The number of benzene rings is 2. The highest BCUT2D eigenvalue weighted by Crippen LogP contribution is 2.44. The van der Waals surface area contributed by atoms with Crippen molar-refractivity contribution in [3.8, 4) is 32.8 Å². The number of para-hydroxylation sites is 1. The Morgan fingerprint density at radius 3 is 2.30 bits per heavy atom. The smallest absolute Gasteiger partial charge is 0.111 e. The molecule has 0 saturated carbocycles. The largest absolute Gasteiger partial charge is 0.230 e. The van der Waals surface area contributed by atoms with E-state index in [1.165, 1.54) is 0 Å². The third-order valence-electron chi connectivity index (χ3n) is 4.41. The predicted octanol–water partition coefficient (Wildman–Crippen LogP) is 6.35. The monoisotopic (exact) mass is 383 g/mol. The van der Waals surface area contributed by atoms with Gasteiger partial charge < -0.3 is 0 Å². The third kappa shape index (κ3) is 2.58. The molecular formula is C22H13N3S2. The van der Waals surface area contributed by atoms with Crippen molar-refractivity contribution in [2.45, 2.75) is 0 Å². The SMILES string of the molecule is N#Cc1c(-c2cccs2)sc2c(-c3ccccc3)nn(-c3ccccc3)c12. The van der Waals surface area contributed by atoms with Crippen LogP contribution in [0.2, 0.25) is 0 Å². The quantitative estimate of drug-likeness (QED) is 0.364. The van der Waals surface area contributed by atoms with Crippen molar-refractivity contribution in [2.24, 2.45) is 0 Å². The summed E-state index contributed by atoms with van der Waals surface area (Å²) < 4.78 is 2.95. The number of aromatic nitrogens is 2. The van der Waals surface area contributed by atoms with Crippen LogP contribution in [0.5, 0.6) is 0 Å². The molecule has 0 aliphatic rings. The first-order valence-corrected chi connectivity index (χ1v) is 10.2. The molecule has 5 heteroatoms. The Hall–Kier alpha value is -3.20. The van der Waals surface area contributed by atoms with Gasteiger partial charge in [0, 0.05) is 10.4 Å². The number of rotatable bonds is 3. The molecule has 0 bridgehead atoms. The highest BCUT2D eigenvalue weighted by Gasteiger charge is 2.24. The van der Waals surface area contributed by atoms with E-state index in [1.54, 1.807) is 22.7 Å². The van der Waals surface area contributed by atoms with Crippen LogP contribution in [0, 0.1) is 11.3 Å². The number of nitriles is 1. The van der Waals surface area contributed by atoms with Crippen molar-refractivity contribution < 1.29 is 0 Å². The first-order chi connectivity index (χ1) is 13.4. The average molecular weight is 384 g/mol. The molecule has 0 saturated heterocycles. The van der Waals surface area contributed by atoms with Gasteiger partial charge in [0.15, 0.2) is 0 Å². The zero-order valence-corrected chi connectivity index (χ0v) is 15.8. The van der Waals surface area contributed by atoms with E-state index in [0.717, 1.165) is 36.9 Å². The van der Waals surface area contributed by atoms with Gasteiger partial charge in [0.05, 0.1) is 20.8 Å². The van der Waals surface area contributed by atoms with E-state index in [-0.39, 0.29) is 0 Å². The number of thiophene rings is 2. The van der Waals surface area contributed by atoms with Gasteiger partial charge in [-0.2, -0.15) is 10.4 Å². The van der Waals surface area contributed by atoms with Gasteiger partial charge in [-0.15, -0.1) is 22.7 Å². The molecule has 0 fully saturated rings. The van der Waals surface area contributed by atoms with Gasteiger partial charge >= 0.3 is 0 Å². The summed E-state index contributed by atoms with van der Waals surface area (Å²) in [6.07, 6.45) is 0.